The maximum absolute atomic E-state index is 3.80. The van der Waals surface area contributed by atoms with Crippen LogP contribution in [-0.2, 0) is 12.8 Å². The van der Waals surface area contributed by atoms with Crippen LogP contribution < -0.4 is 0 Å². The van der Waals surface area contributed by atoms with Crippen molar-refractivity contribution >= 4 is 43.2 Å². The summed E-state index contributed by atoms with van der Waals surface area (Å²) in [6, 6.07) is 4.65. The van der Waals surface area contributed by atoms with Gasteiger partial charge in [-0.1, -0.05) is 51.6 Å². The van der Waals surface area contributed by atoms with Crippen LogP contribution in [0.25, 0.3) is 0 Å². The van der Waals surface area contributed by atoms with Crippen molar-refractivity contribution in [2.45, 2.75) is 45.4 Å². The molecule has 0 aliphatic heterocycles. The van der Waals surface area contributed by atoms with E-state index in [4.69, 9.17) is 0 Å². The molecule has 102 valence electrons. The Labute approximate surface area is 132 Å². The molecule has 0 saturated heterocycles. The second kappa shape index (κ2) is 6.90. The molecule has 3 heteroatoms. The predicted octanol–water partition coefficient (Wildman–Crippen LogP) is 5.82. The van der Waals surface area contributed by atoms with E-state index in [1.165, 1.54) is 43.4 Å². The van der Waals surface area contributed by atoms with Gasteiger partial charge in [-0.15, -0.1) is 11.3 Å². The van der Waals surface area contributed by atoms with Gasteiger partial charge < -0.3 is 0 Å². The Hall–Kier alpha value is 0.660. The molecule has 0 nitrogen and oxygen atoms in total. The largest absolute Gasteiger partial charge is 0.145 e. The third-order valence-electron chi connectivity index (χ3n) is 4.35. The fraction of sp³-hybridized carbons (Fsp3) is 0.733. The minimum Gasteiger partial charge on any atom is -0.145 e. The van der Waals surface area contributed by atoms with Crippen LogP contribution in [0, 0.1) is 11.3 Å². The summed E-state index contributed by atoms with van der Waals surface area (Å²) in [5.41, 5.74) is 0.423. The molecule has 1 fully saturated rings. The molecule has 0 aromatic carbocycles. The third-order valence-corrected chi connectivity index (χ3v) is 7.81. The van der Waals surface area contributed by atoms with Crippen molar-refractivity contribution in [1.29, 1.82) is 0 Å². The second-order valence-electron chi connectivity index (χ2n) is 5.51. The number of hydrogen-bond donors (Lipinski definition) is 0. The van der Waals surface area contributed by atoms with E-state index in [2.05, 4.69) is 50.9 Å². The molecule has 1 aliphatic carbocycles. The molecule has 0 bridgehead atoms. The highest BCUT2D eigenvalue weighted by Crippen LogP contribution is 2.45. The Bertz CT molecular complexity index is 362. The summed E-state index contributed by atoms with van der Waals surface area (Å²) < 4.78 is 0. The molecular weight excluding hydrogens is 372 g/mol. The van der Waals surface area contributed by atoms with Crippen LogP contribution in [0.4, 0.5) is 0 Å². The first kappa shape index (κ1) is 15.1. The summed E-state index contributed by atoms with van der Waals surface area (Å²) in [6.45, 7) is 2.24. The summed E-state index contributed by atoms with van der Waals surface area (Å²) in [5, 5.41) is 2.24. The number of alkyl halides is 2. The average Bonchev–Trinajstić information content (AvgIpc) is 3.07. The molecule has 0 atom stereocenters. The lowest BCUT2D eigenvalue weighted by Crippen LogP contribution is -2.35. The van der Waals surface area contributed by atoms with E-state index in [1.54, 1.807) is 4.88 Å². The van der Waals surface area contributed by atoms with Crippen LogP contribution in [-0.4, -0.2) is 10.7 Å². The Balaban J connectivity index is 2.13. The third kappa shape index (κ3) is 3.21. The summed E-state index contributed by atoms with van der Waals surface area (Å²) in [6.07, 6.45) is 8.10. The molecule has 1 saturated carbocycles. The molecule has 0 amide bonds. The van der Waals surface area contributed by atoms with Gasteiger partial charge in [-0.05, 0) is 49.1 Å². The van der Waals surface area contributed by atoms with Gasteiger partial charge in [0, 0.05) is 20.4 Å². The van der Waals surface area contributed by atoms with E-state index in [9.17, 15) is 0 Å². The van der Waals surface area contributed by atoms with Gasteiger partial charge in [-0.25, -0.2) is 0 Å². The first-order valence-electron chi connectivity index (χ1n) is 6.93. The number of thiophene rings is 1. The van der Waals surface area contributed by atoms with Crippen LogP contribution >= 0.6 is 43.2 Å². The molecule has 2 rings (SSSR count). The van der Waals surface area contributed by atoms with Crippen LogP contribution in [0.2, 0.25) is 0 Å². The fourth-order valence-electron chi connectivity index (χ4n) is 3.09. The van der Waals surface area contributed by atoms with Gasteiger partial charge in [0.05, 0.1) is 0 Å². The SMILES string of the molecule is CCc1ccc(CC(CBr)(CBr)C2CCCC2)s1. The lowest BCUT2D eigenvalue weighted by molar-refractivity contribution is 0.234. The maximum atomic E-state index is 3.80. The zero-order chi connectivity index (χ0) is 13.0. The van der Waals surface area contributed by atoms with E-state index >= 15 is 0 Å². The molecule has 1 aromatic heterocycles. The average molecular weight is 394 g/mol. The zero-order valence-electron chi connectivity index (χ0n) is 11.1. The molecular formula is C15H22Br2S. The number of aryl methyl sites for hydroxylation is 1. The van der Waals surface area contributed by atoms with Crippen molar-refractivity contribution in [2.75, 3.05) is 10.7 Å². The highest BCUT2D eigenvalue weighted by molar-refractivity contribution is 9.09. The highest BCUT2D eigenvalue weighted by Gasteiger charge is 2.38. The minimum atomic E-state index is 0.423. The molecule has 1 aromatic rings. The van der Waals surface area contributed by atoms with Gasteiger partial charge in [0.1, 0.15) is 0 Å². The molecule has 18 heavy (non-hydrogen) atoms. The van der Waals surface area contributed by atoms with E-state index in [-0.39, 0.29) is 0 Å². The first-order chi connectivity index (χ1) is 8.74. The Morgan fingerprint density at radius 2 is 1.78 bits per heavy atom. The van der Waals surface area contributed by atoms with E-state index < -0.39 is 0 Å². The number of rotatable bonds is 6. The number of halogens is 2. The summed E-state index contributed by atoms with van der Waals surface area (Å²) in [4.78, 5) is 3.09. The van der Waals surface area contributed by atoms with E-state index in [0.29, 0.717) is 5.41 Å². The van der Waals surface area contributed by atoms with Crippen LogP contribution in [0.5, 0.6) is 0 Å². The topological polar surface area (TPSA) is 0 Å². The van der Waals surface area contributed by atoms with Crippen molar-refractivity contribution < 1.29 is 0 Å². The van der Waals surface area contributed by atoms with Crippen molar-refractivity contribution in [3.05, 3.63) is 21.9 Å². The molecule has 0 radical (unpaired) electrons. The van der Waals surface area contributed by atoms with Gasteiger partial charge in [-0.2, -0.15) is 0 Å². The fourth-order valence-corrected chi connectivity index (χ4v) is 6.44. The molecule has 0 unspecified atom stereocenters. The second-order valence-corrected chi connectivity index (χ2v) is 7.88. The lowest BCUT2D eigenvalue weighted by atomic mass is 9.75. The molecule has 0 N–H and O–H groups in total. The Kier molecular flexibility index (Phi) is 5.77. The Morgan fingerprint density at radius 3 is 2.28 bits per heavy atom. The molecule has 1 aliphatic rings. The Morgan fingerprint density at radius 1 is 1.17 bits per heavy atom. The van der Waals surface area contributed by atoms with Gasteiger partial charge in [0.2, 0.25) is 0 Å². The summed E-state index contributed by atoms with van der Waals surface area (Å²) in [5.74, 6) is 0.892. The van der Waals surface area contributed by atoms with Crippen molar-refractivity contribution in [1.82, 2.24) is 0 Å². The zero-order valence-corrected chi connectivity index (χ0v) is 15.0. The van der Waals surface area contributed by atoms with Gasteiger partial charge in [0.25, 0.3) is 0 Å². The summed E-state index contributed by atoms with van der Waals surface area (Å²) in [7, 11) is 0. The smallest absolute Gasteiger partial charge is 0.0102 e. The highest BCUT2D eigenvalue weighted by atomic mass is 79.9. The normalized spacial score (nSPS) is 17.5. The van der Waals surface area contributed by atoms with Crippen molar-refractivity contribution in [3.63, 3.8) is 0 Å². The van der Waals surface area contributed by atoms with Crippen LogP contribution in [0.3, 0.4) is 0 Å². The molecule has 0 spiro atoms. The van der Waals surface area contributed by atoms with Crippen LogP contribution in [0.1, 0.15) is 42.4 Å². The van der Waals surface area contributed by atoms with Gasteiger partial charge in [0.15, 0.2) is 0 Å². The minimum absolute atomic E-state index is 0.423. The predicted molar refractivity (Wildman–Crippen MR) is 89.4 cm³/mol. The van der Waals surface area contributed by atoms with Gasteiger partial charge >= 0.3 is 0 Å². The standard InChI is InChI=1S/C15H22Br2S/c1-2-13-7-8-14(18-13)9-15(10-16,11-17)12-5-3-4-6-12/h7-8,12H,2-6,9-11H2,1H3. The number of hydrogen-bond acceptors (Lipinski definition) is 1. The maximum Gasteiger partial charge on any atom is 0.0102 e. The first-order valence-corrected chi connectivity index (χ1v) is 9.99. The van der Waals surface area contributed by atoms with E-state index in [1.807, 2.05) is 11.3 Å². The van der Waals surface area contributed by atoms with E-state index in [0.717, 1.165) is 16.6 Å². The lowest BCUT2D eigenvalue weighted by Gasteiger charge is -2.36. The van der Waals surface area contributed by atoms with Gasteiger partial charge in [-0.3, -0.25) is 0 Å². The summed E-state index contributed by atoms with van der Waals surface area (Å²) >= 11 is 9.61. The van der Waals surface area contributed by atoms with Crippen LogP contribution in [0.15, 0.2) is 12.1 Å². The quantitative estimate of drug-likeness (QED) is 0.534. The van der Waals surface area contributed by atoms with Crippen molar-refractivity contribution in [2.24, 2.45) is 11.3 Å². The molecule has 1 heterocycles. The monoisotopic (exact) mass is 392 g/mol. The van der Waals surface area contributed by atoms with Crippen molar-refractivity contribution in [3.8, 4) is 0 Å².